The topological polar surface area (TPSA) is 239 Å². The zero-order chi connectivity index (χ0) is 32.5. The lowest BCUT2D eigenvalue weighted by molar-refractivity contribution is -0.394. The molecule has 0 amide bonds. The monoisotopic (exact) mass is 632 g/mol. The maximum absolute atomic E-state index is 13.5. The molecule has 4 bridgehead atoms. The summed E-state index contributed by atoms with van der Waals surface area (Å²) in [5.74, 6) is -5.78. The molecule has 5 aliphatic rings. The van der Waals surface area contributed by atoms with Gasteiger partial charge >= 0.3 is 17.9 Å². The van der Waals surface area contributed by atoms with E-state index in [9.17, 15) is 50.1 Å². The SMILES string of the molecule is CC12C[C@@H](O)C3C[C@@]1(O[C@@H]1O[C@H](COC(=O)c4cc(O)c(O)c(O)c4)[C@@H](O)[C@H](O)[C@H]1O)C3(COC(=O)c1ccccc1)C(=O)O2. The number of esters is 3. The van der Waals surface area contributed by atoms with Crippen molar-refractivity contribution in [3.05, 3.63) is 53.6 Å². The molecular weight excluding hydrogens is 600 g/mol. The normalized spacial score (nSPS) is 38.2. The first kappa shape index (κ1) is 31.0. The van der Waals surface area contributed by atoms with Crippen LogP contribution in [0.3, 0.4) is 0 Å². The molecule has 0 radical (unpaired) electrons. The van der Waals surface area contributed by atoms with E-state index in [-0.39, 0.29) is 24.0 Å². The van der Waals surface area contributed by atoms with Crippen LogP contribution >= 0.6 is 0 Å². The molecule has 7 rings (SSSR count). The molecule has 45 heavy (non-hydrogen) atoms. The number of carbonyl (C=O) groups is 3. The van der Waals surface area contributed by atoms with Gasteiger partial charge in [0, 0.05) is 12.3 Å². The van der Waals surface area contributed by atoms with Crippen molar-refractivity contribution < 1.29 is 73.8 Å². The van der Waals surface area contributed by atoms with Gasteiger partial charge in [-0.15, -0.1) is 0 Å². The minimum absolute atomic E-state index is 0.0397. The van der Waals surface area contributed by atoms with Gasteiger partial charge in [-0.25, -0.2) is 9.59 Å². The molecule has 2 aliphatic heterocycles. The van der Waals surface area contributed by atoms with Crippen molar-refractivity contribution >= 4 is 17.9 Å². The van der Waals surface area contributed by atoms with E-state index in [1.54, 1.807) is 18.2 Å². The number of aromatic hydroxyl groups is 3. The molecule has 0 spiro atoms. The van der Waals surface area contributed by atoms with Gasteiger partial charge in [-0.05, 0) is 37.6 Å². The van der Waals surface area contributed by atoms with Gasteiger partial charge in [0.05, 0.1) is 17.2 Å². The highest BCUT2D eigenvalue weighted by Crippen LogP contribution is 2.73. The van der Waals surface area contributed by atoms with Gasteiger partial charge in [0.1, 0.15) is 54.2 Å². The molecule has 242 valence electrons. The second kappa shape index (κ2) is 10.8. The van der Waals surface area contributed by atoms with Crippen molar-refractivity contribution in [2.45, 2.75) is 67.8 Å². The lowest BCUT2D eigenvalue weighted by Crippen LogP contribution is -2.80. The van der Waals surface area contributed by atoms with Gasteiger partial charge in [0.15, 0.2) is 23.5 Å². The predicted molar refractivity (Wildman–Crippen MR) is 145 cm³/mol. The average Bonchev–Trinajstić information content (AvgIpc) is 3.07. The summed E-state index contributed by atoms with van der Waals surface area (Å²) in [7, 11) is 0. The van der Waals surface area contributed by atoms with Crippen molar-refractivity contribution in [2.75, 3.05) is 13.2 Å². The Bertz CT molecular complexity index is 1490. The summed E-state index contributed by atoms with van der Waals surface area (Å²) in [5.41, 5.74) is -4.89. The van der Waals surface area contributed by atoms with Gasteiger partial charge in [-0.1, -0.05) is 18.2 Å². The Morgan fingerprint density at radius 3 is 2.20 bits per heavy atom. The Morgan fingerprint density at radius 2 is 1.53 bits per heavy atom. The number of ether oxygens (including phenoxy) is 5. The van der Waals surface area contributed by atoms with Crippen LogP contribution in [0, 0.1) is 11.3 Å². The molecule has 5 fully saturated rings. The van der Waals surface area contributed by atoms with Crippen LogP contribution in [-0.4, -0.2) is 115 Å². The van der Waals surface area contributed by atoms with Gasteiger partial charge < -0.3 is 59.4 Å². The van der Waals surface area contributed by atoms with Crippen LogP contribution in [0.4, 0.5) is 0 Å². The second-order valence-electron chi connectivity index (χ2n) is 12.0. The fraction of sp³-hybridized carbons (Fsp3) is 0.500. The standard InChI is InChI=1S/C30H32O15/c1-28-10-18(33)15-9-30(28,29(15,27(40)45-28)12-42-24(38)13-5-3-2-4-6-13)44-26-23(37)22(36)21(35)19(43-26)11-41-25(39)14-7-16(31)20(34)17(32)8-14/h2-8,15,18-19,21-23,26,31-37H,9-12H2,1H3/t15?,18-,19-,21-,22+,23-,26+,28?,29?,30+/m1/s1. The van der Waals surface area contributed by atoms with Gasteiger partial charge in [0.2, 0.25) is 0 Å². The van der Waals surface area contributed by atoms with E-state index in [2.05, 4.69) is 0 Å². The van der Waals surface area contributed by atoms with Crippen LogP contribution in [-0.2, 0) is 28.5 Å². The third-order valence-electron chi connectivity index (χ3n) is 9.57. The molecular formula is C30H32O15. The summed E-state index contributed by atoms with van der Waals surface area (Å²) in [6.07, 6.45) is -9.73. The third-order valence-corrected chi connectivity index (χ3v) is 9.57. The maximum atomic E-state index is 13.5. The Morgan fingerprint density at radius 1 is 0.889 bits per heavy atom. The van der Waals surface area contributed by atoms with Crippen molar-refractivity contribution in [3.63, 3.8) is 0 Å². The lowest BCUT2D eigenvalue weighted by Gasteiger charge is -2.66. The van der Waals surface area contributed by atoms with E-state index in [1.165, 1.54) is 19.1 Å². The highest BCUT2D eigenvalue weighted by Gasteiger charge is 2.88. The number of rotatable bonds is 8. The molecule has 2 aromatic carbocycles. The number of phenolic OH excluding ortho intramolecular Hbond substituents is 3. The second-order valence-corrected chi connectivity index (χ2v) is 12.0. The van der Waals surface area contributed by atoms with E-state index >= 15 is 0 Å². The van der Waals surface area contributed by atoms with Crippen molar-refractivity contribution in [1.29, 1.82) is 0 Å². The molecule has 2 saturated heterocycles. The molecule has 7 N–H and O–H groups in total. The number of aliphatic hydroxyl groups excluding tert-OH is 4. The van der Waals surface area contributed by atoms with E-state index < -0.39 is 108 Å². The highest BCUT2D eigenvalue weighted by atomic mass is 16.7. The molecule has 2 heterocycles. The molecule has 3 aliphatic carbocycles. The fourth-order valence-corrected chi connectivity index (χ4v) is 7.14. The first-order chi connectivity index (χ1) is 21.2. The first-order valence-corrected chi connectivity index (χ1v) is 14.2. The van der Waals surface area contributed by atoms with Crippen LogP contribution in [0.5, 0.6) is 17.2 Å². The van der Waals surface area contributed by atoms with Crippen molar-refractivity contribution in [1.82, 2.24) is 0 Å². The largest absolute Gasteiger partial charge is 0.504 e. The summed E-state index contributed by atoms with van der Waals surface area (Å²) >= 11 is 0. The van der Waals surface area contributed by atoms with Crippen molar-refractivity contribution in [3.8, 4) is 17.2 Å². The third kappa shape index (κ3) is 4.53. The summed E-state index contributed by atoms with van der Waals surface area (Å²) in [6.45, 7) is 0.303. The number of fused-ring (bicyclic) bond motifs is 1. The molecule has 0 aromatic heterocycles. The molecule has 3 unspecified atom stereocenters. The molecule has 3 saturated carbocycles. The smallest absolute Gasteiger partial charge is 0.338 e. The molecule has 10 atom stereocenters. The Labute approximate surface area is 255 Å². The van der Waals surface area contributed by atoms with Crippen molar-refractivity contribution in [2.24, 2.45) is 11.3 Å². The van der Waals surface area contributed by atoms with Crippen LogP contribution in [0.2, 0.25) is 0 Å². The summed E-state index contributed by atoms with van der Waals surface area (Å²) in [6, 6.07) is 9.70. The summed E-state index contributed by atoms with van der Waals surface area (Å²) in [4.78, 5) is 38.9. The van der Waals surface area contributed by atoms with E-state index in [0.717, 1.165) is 12.1 Å². The Kier molecular flexibility index (Phi) is 7.46. The number of phenols is 3. The molecule has 15 heteroatoms. The Hall–Kier alpha value is -3.99. The highest BCUT2D eigenvalue weighted by molar-refractivity contribution is 5.91. The Balaban J connectivity index is 1.23. The fourth-order valence-electron chi connectivity index (χ4n) is 7.14. The lowest BCUT2D eigenvalue weighted by atomic mass is 9.40. The summed E-state index contributed by atoms with van der Waals surface area (Å²) < 4.78 is 28.5. The predicted octanol–water partition coefficient (Wildman–Crippen LogP) is -0.533. The van der Waals surface area contributed by atoms with E-state index in [0.29, 0.717) is 0 Å². The zero-order valence-corrected chi connectivity index (χ0v) is 23.8. The van der Waals surface area contributed by atoms with Crippen LogP contribution in [0.25, 0.3) is 0 Å². The number of hydrogen-bond acceptors (Lipinski definition) is 15. The van der Waals surface area contributed by atoms with Gasteiger partial charge in [-0.2, -0.15) is 0 Å². The average molecular weight is 633 g/mol. The molecule has 2 aromatic rings. The minimum atomic E-state index is -1.87. The minimum Gasteiger partial charge on any atom is -0.504 e. The first-order valence-electron chi connectivity index (χ1n) is 14.2. The summed E-state index contributed by atoms with van der Waals surface area (Å²) in [5, 5.41) is 71.9. The number of hydrogen-bond donors (Lipinski definition) is 7. The quantitative estimate of drug-likeness (QED) is 0.110. The van der Waals surface area contributed by atoms with E-state index in [1.807, 2.05) is 0 Å². The number of benzene rings is 2. The van der Waals surface area contributed by atoms with Crippen LogP contribution in [0.1, 0.15) is 40.5 Å². The number of aliphatic hydroxyl groups is 4. The van der Waals surface area contributed by atoms with Crippen LogP contribution in [0.15, 0.2) is 42.5 Å². The zero-order valence-electron chi connectivity index (χ0n) is 23.8. The van der Waals surface area contributed by atoms with Gasteiger partial charge in [-0.3, -0.25) is 4.79 Å². The molecule has 15 nitrogen and oxygen atoms in total. The van der Waals surface area contributed by atoms with Crippen LogP contribution < -0.4 is 0 Å². The van der Waals surface area contributed by atoms with Gasteiger partial charge in [0.25, 0.3) is 0 Å². The number of carbonyl (C=O) groups excluding carboxylic acids is 3. The maximum Gasteiger partial charge on any atom is 0.338 e. The van der Waals surface area contributed by atoms with E-state index in [4.69, 9.17) is 23.7 Å².